The number of nitrogens with one attached hydrogen (secondary N) is 1. The van der Waals surface area contributed by atoms with Crippen LogP contribution < -0.4 is 5.32 Å². The highest BCUT2D eigenvalue weighted by Crippen LogP contribution is 2.18. The van der Waals surface area contributed by atoms with Crippen molar-refractivity contribution in [1.29, 1.82) is 0 Å². The molecule has 1 unspecified atom stereocenters. The molecule has 2 rings (SSSR count). The van der Waals surface area contributed by atoms with E-state index in [0.717, 1.165) is 5.56 Å². The third kappa shape index (κ3) is 2.52. The molecule has 0 saturated carbocycles. The lowest BCUT2D eigenvalue weighted by Gasteiger charge is -2.11. The molecule has 0 fully saturated rings. The first kappa shape index (κ1) is 11.0. The Hall–Kier alpha value is -1.55. The molecule has 0 aliphatic heterocycles. The van der Waals surface area contributed by atoms with E-state index in [9.17, 15) is 0 Å². The molecule has 1 aromatic carbocycles. The lowest BCUT2D eigenvalue weighted by molar-refractivity contribution is 0.520. The van der Waals surface area contributed by atoms with E-state index in [2.05, 4.69) is 15.5 Å². The molecule has 16 heavy (non-hydrogen) atoms. The highest BCUT2D eigenvalue weighted by molar-refractivity contribution is 6.16. The van der Waals surface area contributed by atoms with E-state index in [4.69, 9.17) is 16.0 Å². The van der Waals surface area contributed by atoms with Crippen LogP contribution in [0.3, 0.4) is 0 Å². The molecular formula is C11H12ClN3O. The molecule has 1 N–H and O–H groups in total. The van der Waals surface area contributed by atoms with Gasteiger partial charge in [0.25, 0.3) is 0 Å². The minimum atomic E-state index is 0.116. The van der Waals surface area contributed by atoms with Gasteiger partial charge in [0.15, 0.2) is 0 Å². The second kappa shape index (κ2) is 4.99. The Kier molecular flexibility index (Phi) is 3.41. The van der Waals surface area contributed by atoms with Gasteiger partial charge in [-0.1, -0.05) is 35.4 Å². The predicted molar refractivity (Wildman–Crippen MR) is 62.3 cm³/mol. The Morgan fingerprint density at radius 2 is 2.06 bits per heavy atom. The largest absolute Gasteiger partial charge is 0.407 e. The van der Waals surface area contributed by atoms with Gasteiger partial charge in [-0.15, -0.1) is 16.7 Å². The van der Waals surface area contributed by atoms with E-state index in [-0.39, 0.29) is 11.9 Å². The van der Waals surface area contributed by atoms with Crippen LogP contribution in [0.1, 0.15) is 24.4 Å². The van der Waals surface area contributed by atoms with Crippen molar-refractivity contribution < 1.29 is 4.42 Å². The van der Waals surface area contributed by atoms with Crippen LogP contribution in [0.2, 0.25) is 0 Å². The molecule has 84 valence electrons. The summed E-state index contributed by atoms with van der Waals surface area (Å²) in [4.78, 5) is 0. The van der Waals surface area contributed by atoms with Crippen molar-refractivity contribution in [2.45, 2.75) is 18.8 Å². The second-order valence-electron chi connectivity index (χ2n) is 3.41. The Morgan fingerprint density at radius 3 is 2.69 bits per heavy atom. The number of benzene rings is 1. The van der Waals surface area contributed by atoms with Gasteiger partial charge in [0.1, 0.15) is 5.88 Å². The number of anilines is 1. The highest BCUT2D eigenvalue weighted by Gasteiger charge is 2.09. The van der Waals surface area contributed by atoms with Gasteiger partial charge in [0.05, 0.1) is 6.04 Å². The SMILES string of the molecule is CC(Nc1nnc(CCl)o1)c1ccccc1. The molecule has 4 nitrogen and oxygen atoms in total. The minimum absolute atomic E-state index is 0.116. The molecule has 0 spiro atoms. The number of nitrogens with zero attached hydrogens (tertiary/aromatic N) is 2. The van der Waals surface area contributed by atoms with Gasteiger partial charge < -0.3 is 9.73 Å². The molecule has 2 aromatic rings. The van der Waals surface area contributed by atoms with E-state index in [0.29, 0.717) is 11.9 Å². The van der Waals surface area contributed by atoms with E-state index >= 15 is 0 Å². The molecule has 0 radical (unpaired) electrons. The van der Waals surface area contributed by atoms with Gasteiger partial charge in [-0.3, -0.25) is 0 Å². The minimum Gasteiger partial charge on any atom is -0.407 e. The summed E-state index contributed by atoms with van der Waals surface area (Å²) in [6, 6.07) is 10.6. The van der Waals surface area contributed by atoms with Crippen molar-refractivity contribution >= 4 is 17.6 Å². The van der Waals surface area contributed by atoms with Crippen LogP contribution >= 0.6 is 11.6 Å². The first-order chi connectivity index (χ1) is 7.79. The number of rotatable bonds is 4. The highest BCUT2D eigenvalue weighted by atomic mass is 35.5. The molecule has 0 bridgehead atoms. The fourth-order valence-electron chi connectivity index (χ4n) is 1.38. The predicted octanol–water partition coefficient (Wildman–Crippen LogP) is 2.98. The van der Waals surface area contributed by atoms with Crippen molar-refractivity contribution in [3.63, 3.8) is 0 Å². The monoisotopic (exact) mass is 237 g/mol. The van der Waals surface area contributed by atoms with E-state index in [1.54, 1.807) is 0 Å². The topological polar surface area (TPSA) is 51.0 Å². The van der Waals surface area contributed by atoms with Crippen molar-refractivity contribution in [3.8, 4) is 0 Å². The number of halogens is 1. The van der Waals surface area contributed by atoms with Crippen LogP contribution in [0, 0.1) is 0 Å². The maximum atomic E-state index is 5.57. The van der Waals surface area contributed by atoms with Crippen LogP contribution in [0.25, 0.3) is 0 Å². The van der Waals surface area contributed by atoms with E-state index in [1.807, 2.05) is 37.3 Å². The number of hydrogen-bond acceptors (Lipinski definition) is 4. The summed E-state index contributed by atoms with van der Waals surface area (Å²) in [5.41, 5.74) is 1.16. The Labute approximate surface area is 98.6 Å². The summed E-state index contributed by atoms with van der Waals surface area (Å²) in [6.45, 7) is 2.03. The van der Waals surface area contributed by atoms with Crippen molar-refractivity contribution in [3.05, 3.63) is 41.8 Å². The van der Waals surface area contributed by atoms with Gasteiger partial charge in [-0.25, -0.2) is 0 Å². The Morgan fingerprint density at radius 1 is 1.31 bits per heavy atom. The van der Waals surface area contributed by atoms with Crippen LogP contribution in [0.5, 0.6) is 0 Å². The molecular weight excluding hydrogens is 226 g/mol. The Balaban J connectivity index is 2.05. The molecule has 0 amide bonds. The van der Waals surface area contributed by atoms with Gasteiger partial charge in [-0.2, -0.15) is 0 Å². The lowest BCUT2D eigenvalue weighted by atomic mass is 10.1. The van der Waals surface area contributed by atoms with Crippen LogP contribution in [-0.4, -0.2) is 10.2 Å². The molecule has 1 atom stereocenters. The zero-order valence-corrected chi connectivity index (χ0v) is 9.61. The third-order valence-electron chi connectivity index (χ3n) is 2.22. The van der Waals surface area contributed by atoms with Crippen LogP contribution in [-0.2, 0) is 5.88 Å². The number of alkyl halides is 1. The number of hydrogen-bond donors (Lipinski definition) is 1. The first-order valence-corrected chi connectivity index (χ1v) is 5.53. The maximum Gasteiger partial charge on any atom is 0.315 e. The fraction of sp³-hybridized carbons (Fsp3) is 0.273. The lowest BCUT2D eigenvalue weighted by Crippen LogP contribution is -2.06. The smallest absolute Gasteiger partial charge is 0.315 e. The van der Waals surface area contributed by atoms with Gasteiger partial charge >= 0.3 is 6.01 Å². The molecule has 0 aliphatic carbocycles. The maximum absolute atomic E-state index is 5.57. The van der Waals surface area contributed by atoms with Gasteiger partial charge in [0.2, 0.25) is 5.89 Å². The summed E-state index contributed by atoms with van der Waals surface area (Å²) < 4.78 is 5.26. The summed E-state index contributed by atoms with van der Waals surface area (Å²) in [7, 11) is 0. The van der Waals surface area contributed by atoms with Gasteiger partial charge in [-0.05, 0) is 12.5 Å². The summed E-state index contributed by atoms with van der Waals surface area (Å²) in [6.07, 6.45) is 0. The first-order valence-electron chi connectivity index (χ1n) is 4.99. The van der Waals surface area contributed by atoms with E-state index in [1.165, 1.54) is 0 Å². The Bertz CT molecular complexity index is 444. The summed E-state index contributed by atoms with van der Waals surface area (Å²) in [5, 5.41) is 10.7. The van der Waals surface area contributed by atoms with Crippen LogP contribution in [0.15, 0.2) is 34.7 Å². The van der Waals surface area contributed by atoms with Crippen molar-refractivity contribution in [1.82, 2.24) is 10.2 Å². The molecule has 5 heteroatoms. The van der Waals surface area contributed by atoms with Crippen LogP contribution in [0.4, 0.5) is 6.01 Å². The third-order valence-corrected chi connectivity index (χ3v) is 2.45. The molecule has 1 heterocycles. The quantitative estimate of drug-likeness (QED) is 0.831. The normalized spacial score (nSPS) is 12.4. The van der Waals surface area contributed by atoms with E-state index < -0.39 is 0 Å². The zero-order valence-electron chi connectivity index (χ0n) is 8.85. The molecule has 1 aromatic heterocycles. The average molecular weight is 238 g/mol. The standard InChI is InChI=1S/C11H12ClN3O/c1-8(9-5-3-2-4-6-9)13-11-15-14-10(7-12)16-11/h2-6,8H,7H2,1H3,(H,13,15). The average Bonchev–Trinajstić information content (AvgIpc) is 2.78. The van der Waals surface area contributed by atoms with Gasteiger partial charge in [0, 0.05) is 0 Å². The molecule has 0 saturated heterocycles. The number of aromatic nitrogens is 2. The van der Waals surface area contributed by atoms with Crippen molar-refractivity contribution in [2.75, 3.05) is 5.32 Å². The fourth-order valence-corrected chi connectivity index (χ4v) is 1.48. The molecule has 0 aliphatic rings. The summed E-state index contributed by atoms with van der Waals surface area (Å²) in [5.74, 6) is 0.651. The second-order valence-corrected chi connectivity index (χ2v) is 3.68. The zero-order chi connectivity index (χ0) is 11.4. The summed E-state index contributed by atoms with van der Waals surface area (Å²) >= 11 is 5.57. The van der Waals surface area contributed by atoms with Crippen molar-refractivity contribution in [2.24, 2.45) is 0 Å².